The molecule has 0 spiro atoms. The summed E-state index contributed by atoms with van der Waals surface area (Å²) in [6, 6.07) is 11.7. The summed E-state index contributed by atoms with van der Waals surface area (Å²) in [5.74, 6) is -5.34. The van der Waals surface area contributed by atoms with E-state index in [-0.39, 0.29) is 17.0 Å². The van der Waals surface area contributed by atoms with Gasteiger partial charge in [-0.3, -0.25) is 4.79 Å². The molecule has 4 rings (SSSR count). The van der Waals surface area contributed by atoms with Gasteiger partial charge in [0.05, 0.1) is 21.5 Å². The van der Waals surface area contributed by atoms with Gasteiger partial charge in [0.1, 0.15) is 17.5 Å². The van der Waals surface area contributed by atoms with Crippen molar-refractivity contribution in [3.63, 3.8) is 0 Å². The van der Waals surface area contributed by atoms with Crippen molar-refractivity contribution in [2.24, 2.45) is 0 Å². The largest absolute Gasteiger partial charge is 0.341 e. The summed E-state index contributed by atoms with van der Waals surface area (Å²) in [5.41, 5.74) is 1.22. The lowest BCUT2D eigenvalue weighted by molar-refractivity contribution is 0.102. The Balaban J connectivity index is 1.57. The Labute approximate surface area is 178 Å². The van der Waals surface area contributed by atoms with Crippen molar-refractivity contribution < 1.29 is 30.8 Å². The third-order valence-electron chi connectivity index (χ3n) is 4.60. The van der Waals surface area contributed by atoms with Crippen molar-refractivity contribution in [3.05, 3.63) is 77.9 Å². The molecule has 6 nitrogen and oxygen atoms in total. The number of benzene rings is 3. The summed E-state index contributed by atoms with van der Waals surface area (Å²) >= 11 is 0. The molecule has 0 bridgehead atoms. The first kappa shape index (κ1) is 21.5. The first-order valence-corrected chi connectivity index (χ1v) is 10.6. The number of imidazole rings is 1. The van der Waals surface area contributed by atoms with E-state index < -0.39 is 38.0 Å². The minimum absolute atomic E-state index is 0.0467. The molecule has 0 saturated heterocycles. The highest BCUT2D eigenvalue weighted by molar-refractivity contribution is 7.91. The van der Waals surface area contributed by atoms with Gasteiger partial charge in [-0.05, 0) is 60.7 Å². The topological polar surface area (TPSA) is 91.9 Å². The molecule has 1 amide bonds. The molecule has 164 valence electrons. The average molecular weight is 463 g/mol. The number of aromatic nitrogens is 2. The van der Waals surface area contributed by atoms with Gasteiger partial charge in [-0.25, -0.2) is 22.2 Å². The van der Waals surface area contributed by atoms with E-state index >= 15 is 0 Å². The van der Waals surface area contributed by atoms with Crippen molar-refractivity contribution in [3.8, 4) is 11.4 Å². The van der Waals surface area contributed by atoms with E-state index in [1.165, 1.54) is 12.1 Å². The first-order valence-electron chi connectivity index (χ1n) is 9.04. The van der Waals surface area contributed by atoms with Gasteiger partial charge in [0.15, 0.2) is 0 Å². The van der Waals surface area contributed by atoms with Crippen LogP contribution in [-0.2, 0) is 9.84 Å². The molecule has 0 saturated carbocycles. The number of fused-ring (bicyclic) bond motifs is 1. The lowest BCUT2D eigenvalue weighted by Gasteiger charge is -2.07. The molecule has 0 aliphatic heterocycles. The van der Waals surface area contributed by atoms with Crippen molar-refractivity contribution in [2.45, 2.75) is 10.7 Å². The summed E-state index contributed by atoms with van der Waals surface area (Å²) in [4.78, 5) is 18.9. The van der Waals surface area contributed by atoms with Crippen LogP contribution in [0.2, 0.25) is 0 Å². The van der Waals surface area contributed by atoms with Crippen molar-refractivity contribution in [2.75, 3.05) is 5.32 Å². The Bertz CT molecular complexity index is 1430. The molecule has 4 aromatic rings. The second-order valence-electron chi connectivity index (χ2n) is 6.73. The van der Waals surface area contributed by atoms with Crippen LogP contribution in [0.4, 0.5) is 23.2 Å². The maximum Gasteiger partial charge on any atom is 0.341 e. The number of sulfone groups is 1. The summed E-state index contributed by atoms with van der Waals surface area (Å²) in [5, 5.41) is 2.58. The highest BCUT2D eigenvalue weighted by Gasteiger charge is 2.26. The molecule has 11 heteroatoms. The summed E-state index contributed by atoms with van der Waals surface area (Å²) in [6.07, 6.45) is 0. The minimum Gasteiger partial charge on any atom is -0.338 e. The molecule has 1 heterocycles. The number of nitrogens with one attached hydrogen (secondary N) is 2. The van der Waals surface area contributed by atoms with Gasteiger partial charge in [-0.15, -0.1) is 0 Å². The van der Waals surface area contributed by atoms with Crippen molar-refractivity contribution >= 4 is 32.5 Å². The predicted molar refractivity (Wildman–Crippen MR) is 109 cm³/mol. The van der Waals surface area contributed by atoms with Crippen LogP contribution in [0.1, 0.15) is 10.4 Å². The van der Waals surface area contributed by atoms with Gasteiger partial charge in [0.2, 0.25) is 9.84 Å². The zero-order valence-corrected chi connectivity index (χ0v) is 16.8. The number of aromatic amines is 1. The molecular formula is C21H13F4N3O3S. The van der Waals surface area contributed by atoms with Crippen LogP contribution < -0.4 is 5.32 Å². The van der Waals surface area contributed by atoms with E-state index in [2.05, 4.69) is 15.3 Å². The molecule has 0 fully saturated rings. The highest BCUT2D eigenvalue weighted by atomic mass is 32.2. The van der Waals surface area contributed by atoms with E-state index in [1.54, 1.807) is 6.07 Å². The molecule has 3 aromatic carbocycles. The quantitative estimate of drug-likeness (QED) is 0.418. The maximum absolute atomic E-state index is 14.0. The van der Waals surface area contributed by atoms with Crippen LogP contribution >= 0.6 is 0 Å². The number of carbonyl (C=O) groups is 1. The van der Waals surface area contributed by atoms with E-state index in [0.29, 0.717) is 16.7 Å². The van der Waals surface area contributed by atoms with Crippen LogP contribution in [0.25, 0.3) is 22.4 Å². The lowest BCUT2D eigenvalue weighted by atomic mass is 10.2. The molecule has 0 radical (unpaired) electrons. The molecule has 2 N–H and O–H groups in total. The van der Waals surface area contributed by atoms with Gasteiger partial charge >= 0.3 is 5.76 Å². The standard InChI is InChI=1S/C21H13F4N3O3S/c22-12-3-7-16(23)15(9-12)19-27-17-8-4-13(10-18(17)28-19)26-20(29)11-1-5-14(6-2-11)32(30,31)21(24)25/h1-10,21H,(H,26,29)(H,27,28). The van der Waals surface area contributed by atoms with Crippen LogP contribution in [0.3, 0.4) is 0 Å². The third kappa shape index (κ3) is 4.06. The smallest absolute Gasteiger partial charge is 0.338 e. The van der Waals surface area contributed by atoms with Gasteiger partial charge in [0, 0.05) is 11.3 Å². The lowest BCUT2D eigenvalue weighted by Crippen LogP contribution is -2.14. The highest BCUT2D eigenvalue weighted by Crippen LogP contribution is 2.26. The number of anilines is 1. The van der Waals surface area contributed by atoms with Crippen molar-refractivity contribution in [1.82, 2.24) is 9.97 Å². The normalized spacial score (nSPS) is 11.8. The Morgan fingerprint density at radius 3 is 2.38 bits per heavy atom. The first-order chi connectivity index (χ1) is 15.1. The number of H-pyrrole nitrogens is 1. The molecule has 0 atom stereocenters. The fraction of sp³-hybridized carbons (Fsp3) is 0.0476. The Kier molecular flexibility index (Phi) is 5.43. The third-order valence-corrected chi connectivity index (χ3v) is 6.00. The number of carbonyl (C=O) groups excluding carboxylic acids is 1. The second-order valence-corrected chi connectivity index (χ2v) is 8.64. The monoisotopic (exact) mass is 463 g/mol. The van der Waals surface area contributed by atoms with Crippen molar-refractivity contribution in [1.29, 1.82) is 0 Å². The Hall–Kier alpha value is -3.73. The zero-order valence-electron chi connectivity index (χ0n) is 15.9. The molecule has 0 aliphatic carbocycles. The zero-order chi connectivity index (χ0) is 23.0. The fourth-order valence-corrected chi connectivity index (χ4v) is 3.72. The molecule has 1 aromatic heterocycles. The molecule has 32 heavy (non-hydrogen) atoms. The van der Waals surface area contributed by atoms with E-state index in [0.717, 1.165) is 42.5 Å². The minimum atomic E-state index is -4.76. The van der Waals surface area contributed by atoms with Crippen LogP contribution in [0.5, 0.6) is 0 Å². The molecular weight excluding hydrogens is 450 g/mol. The molecule has 0 unspecified atom stereocenters. The van der Waals surface area contributed by atoms with E-state index in [4.69, 9.17) is 0 Å². The number of hydrogen-bond donors (Lipinski definition) is 2. The SMILES string of the molecule is O=C(Nc1ccc2nc(-c3cc(F)ccc3F)[nH]c2c1)c1ccc(S(=O)(=O)C(F)F)cc1. The van der Waals surface area contributed by atoms with Crippen LogP contribution in [0.15, 0.2) is 65.6 Å². The van der Waals surface area contributed by atoms with Gasteiger partial charge in [0.25, 0.3) is 5.91 Å². The summed E-state index contributed by atoms with van der Waals surface area (Å²) < 4.78 is 75.6. The number of hydrogen-bond acceptors (Lipinski definition) is 4. The Morgan fingerprint density at radius 1 is 0.969 bits per heavy atom. The van der Waals surface area contributed by atoms with Gasteiger partial charge in [-0.1, -0.05) is 0 Å². The average Bonchev–Trinajstić information content (AvgIpc) is 3.18. The van der Waals surface area contributed by atoms with E-state index in [1.807, 2.05) is 0 Å². The Morgan fingerprint density at radius 2 is 1.69 bits per heavy atom. The number of alkyl halides is 2. The number of halogens is 4. The van der Waals surface area contributed by atoms with Crippen LogP contribution in [-0.4, -0.2) is 30.1 Å². The second kappa shape index (κ2) is 8.08. The molecule has 0 aliphatic rings. The van der Waals surface area contributed by atoms with Gasteiger partial charge < -0.3 is 10.3 Å². The van der Waals surface area contributed by atoms with E-state index in [9.17, 15) is 30.8 Å². The fourth-order valence-electron chi connectivity index (χ4n) is 3.00. The number of nitrogens with zero attached hydrogens (tertiary/aromatic N) is 1. The van der Waals surface area contributed by atoms with Gasteiger partial charge in [-0.2, -0.15) is 8.78 Å². The predicted octanol–water partition coefficient (Wildman–Crippen LogP) is 4.76. The summed E-state index contributed by atoms with van der Waals surface area (Å²) in [7, 11) is -4.76. The summed E-state index contributed by atoms with van der Waals surface area (Å²) in [6.45, 7) is 0. The van der Waals surface area contributed by atoms with Crippen LogP contribution in [0, 0.1) is 11.6 Å². The maximum atomic E-state index is 14.0. The number of amides is 1. The number of rotatable bonds is 5.